The molecule has 1 N–H and O–H groups in total. The summed E-state index contributed by atoms with van der Waals surface area (Å²) >= 11 is 0. The highest BCUT2D eigenvalue weighted by molar-refractivity contribution is 7.91. The molecule has 0 spiro atoms. The highest BCUT2D eigenvalue weighted by Gasteiger charge is 2.27. The Morgan fingerprint density at radius 1 is 1.00 bits per heavy atom. The van der Waals surface area contributed by atoms with Crippen molar-refractivity contribution in [1.29, 1.82) is 0 Å². The summed E-state index contributed by atoms with van der Waals surface area (Å²) in [5.41, 5.74) is 1.12. The van der Waals surface area contributed by atoms with Gasteiger partial charge in [-0.3, -0.25) is 0 Å². The number of rotatable bonds is 5. The molecule has 5 rings (SSSR count). The molecule has 0 saturated heterocycles. The Balaban J connectivity index is 1.71. The lowest BCUT2D eigenvalue weighted by atomic mass is 10.2. The van der Waals surface area contributed by atoms with E-state index in [4.69, 9.17) is 4.74 Å². The summed E-state index contributed by atoms with van der Waals surface area (Å²) in [6.45, 7) is 0. The molecule has 0 atom stereocenters. The predicted octanol–water partition coefficient (Wildman–Crippen LogP) is 4.00. The minimum absolute atomic E-state index is 0.0373. The van der Waals surface area contributed by atoms with Gasteiger partial charge >= 0.3 is 0 Å². The molecule has 0 unspecified atom stereocenters. The van der Waals surface area contributed by atoms with Gasteiger partial charge in [0.1, 0.15) is 17.4 Å². The Hall–Kier alpha value is -4.05. The van der Waals surface area contributed by atoms with Crippen LogP contribution in [0.15, 0.2) is 82.7 Å². The largest absolute Gasteiger partial charge is 0.497 e. The third-order valence-electron chi connectivity index (χ3n) is 4.93. The molecule has 0 fully saturated rings. The first kappa shape index (κ1) is 19.9. The van der Waals surface area contributed by atoms with Crippen molar-refractivity contribution in [3.8, 4) is 5.75 Å². The molecular formula is C22H16FN5O3S. The number of halogens is 1. The smallest absolute Gasteiger partial charge is 0.229 e. The summed E-state index contributed by atoms with van der Waals surface area (Å²) in [4.78, 5) is 4.55. The molecule has 3 aromatic carbocycles. The second-order valence-electron chi connectivity index (χ2n) is 6.92. The summed E-state index contributed by atoms with van der Waals surface area (Å²) < 4.78 is 46.7. The van der Waals surface area contributed by atoms with Gasteiger partial charge in [0, 0.05) is 11.1 Å². The number of methoxy groups -OCH3 is 1. The van der Waals surface area contributed by atoms with E-state index in [1.807, 2.05) is 12.1 Å². The molecule has 0 saturated carbocycles. The number of para-hydroxylation sites is 1. The SMILES string of the molecule is COc1ccc(S(=O)(=O)c2nnn3c2nc(Nc2cccc(F)c2)c2ccccc23)cc1. The average molecular weight is 449 g/mol. The van der Waals surface area contributed by atoms with Crippen molar-refractivity contribution < 1.29 is 17.5 Å². The fourth-order valence-corrected chi connectivity index (χ4v) is 4.62. The van der Waals surface area contributed by atoms with Crippen molar-refractivity contribution in [3.63, 3.8) is 0 Å². The van der Waals surface area contributed by atoms with Crippen molar-refractivity contribution in [2.24, 2.45) is 0 Å². The highest BCUT2D eigenvalue weighted by Crippen LogP contribution is 2.30. The molecular weight excluding hydrogens is 433 g/mol. The lowest BCUT2D eigenvalue weighted by Gasteiger charge is -2.10. The zero-order valence-corrected chi connectivity index (χ0v) is 17.5. The van der Waals surface area contributed by atoms with E-state index in [0.29, 0.717) is 28.2 Å². The molecule has 0 radical (unpaired) electrons. The second-order valence-corrected chi connectivity index (χ2v) is 8.79. The van der Waals surface area contributed by atoms with E-state index >= 15 is 0 Å². The Morgan fingerprint density at radius 3 is 2.53 bits per heavy atom. The van der Waals surface area contributed by atoms with Crippen molar-refractivity contribution in [1.82, 2.24) is 19.8 Å². The standard InChI is InChI=1S/C22H16FN5O3S/c1-31-16-9-11-17(12-10-16)32(29,30)22-21-25-20(24-15-6-4-5-14(23)13-15)18-7-2-3-8-19(18)28(21)27-26-22/h2-13H,1H3,(H,24,25). The van der Waals surface area contributed by atoms with Crippen LogP contribution >= 0.6 is 0 Å². The molecule has 2 aromatic heterocycles. The van der Waals surface area contributed by atoms with Crippen LogP contribution < -0.4 is 10.1 Å². The predicted molar refractivity (Wildman–Crippen MR) is 116 cm³/mol. The van der Waals surface area contributed by atoms with Gasteiger partial charge in [0.25, 0.3) is 0 Å². The van der Waals surface area contributed by atoms with Crippen LogP contribution in [-0.2, 0) is 9.84 Å². The van der Waals surface area contributed by atoms with Gasteiger partial charge in [-0.25, -0.2) is 17.8 Å². The molecule has 0 aliphatic carbocycles. The molecule has 2 heterocycles. The van der Waals surface area contributed by atoms with Crippen LogP contribution in [0.4, 0.5) is 15.9 Å². The number of fused-ring (bicyclic) bond motifs is 3. The first-order valence-electron chi connectivity index (χ1n) is 9.53. The van der Waals surface area contributed by atoms with Gasteiger partial charge in [0.15, 0.2) is 5.65 Å². The maximum Gasteiger partial charge on any atom is 0.229 e. The number of nitrogens with zero attached hydrogens (tertiary/aromatic N) is 4. The highest BCUT2D eigenvalue weighted by atomic mass is 32.2. The average Bonchev–Trinajstić information content (AvgIpc) is 3.24. The number of ether oxygens (including phenoxy) is 1. The molecule has 0 amide bonds. The molecule has 0 aliphatic heterocycles. The minimum Gasteiger partial charge on any atom is -0.497 e. The molecule has 0 aliphatic rings. The summed E-state index contributed by atoms with van der Waals surface area (Å²) in [6, 6.07) is 19.1. The third-order valence-corrected chi connectivity index (χ3v) is 6.60. The van der Waals surface area contributed by atoms with E-state index in [1.165, 1.54) is 35.9 Å². The zero-order chi connectivity index (χ0) is 22.3. The first-order valence-corrected chi connectivity index (χ1v) is 11.0. The van der Waals surface area contributed by atoms with Crippen LogP contribution in [0.3, 0.4) is 0 Å². The first-order chi connectivity index (χ1) is 15.5. The van der Waals surface area contributed by atoms with Gasteiger partial charge in [-0.15, -0.1) is 5.10 Å². The van der Waals surface area contributed by atoms with Crippen molar-refractivity contribution in [3.05, 3.63) is 78.6 Å². The topological polar surface area (TPSA) is 98.5 Å². The normalized spacial score (nSPS) is 11.7. The summed E-state index contributed by atoms with van der Waals surface area (Å²) in [7, 11) is -2.51. The van der Waals surface area contributed by atoms with E-state index in [1.54, 1.807) is 36.4 Å². The third kappa shape index (κ3) is 3.30. The zero-order valence-electron chi connectivity index (χ0n) is 16.7. The maximum atomic E-state index is 13.7. The van der Waals surface area contributed by atoms with Gasteiger partial charge < -0.3 is 10.1 Å². The molecule has 5 aromatic rings. The number of benzene rings is 3. The quantitative estimate of drug-likeness (QED) is 0.433. The molecule has 0 bridgehead atoms. The number of sulfone groups is 1. The van der Waals surface area contributed by atoms with E-state index in [-0.39, 0.29) is 15.6 Å². The number of aromatic nitrogens is 4. The van der Waals surface area contributed by atoms with Crippen LogP contribution in [0, 0.1) is 5.82 Å². The minimum atomic E-state index is -4.01. The number of hydrogen-bond acceptors (Lipinski definition) is 7. The van der Waals surface area contributed by atoms with Gasteiger partial charge in [-0.1, -0.05) is 23.4 Å². The van der Waals surface area contributed by atoms with Crippen molar-refractivity contribution >= 4 is 37.9 Å². The van der Waals surface area contributed by atoms with Crippen molar-refractivity contribution in [2.75, 3.05) is 12.4 Å². The Bertz CT molecular complexity index is 1570. The van der Waals surface area contributed by atoms with Gasteiger partial charge in [-0.2, -0.15) is 4.52 Å². The molecule has 160 valence electrons. The van der Waals surface area contributed by atoms with Crippen LogP contribution in [0.2, 0.25) is 0 Å². The van der Waals surface area contributed by atoms with Gasteiger partial charge in [0.05, 0.1) is 17.5 Å². The van der Waals surface area contributed by atoms with E-state index in [9.17, 15) is 12.8 Å². The van der Waals surface area contributed by atoms with Gasteiger partial charge in [-0.05, 0) is 54.6 Å². The summed E-state index contributed by atoms with van der Waals surface area (Å²) in [5, 5.41) is 11.4. The van der Waals surface area contributed by atoms with Crippen molar-refractivity contribution in [2.45, 2.75) is 9.92 Å². The van der Waals surface area contributed by atoms with Crippen LogP contribution in [0.1, 0.15) is 0 Å². The fraction of sp³-hybridized carbons (Fsp3) is 0.0455. The molecule has 32 heavy (non-hydrogen) atoms. The summed E-state index contributed by atoms with van der Waals surface area (Å²) in [5.74, 6) is 0.476. The fourth-order valence-electron chi connectivity index (χ4n) is 3.38. The van der Waals surface area contributed by atoms with Crippen LogP contribution in [-0.4, -0.2) is 35.3 Å². The Kier molecular flexibility index (Phi) is 4.71. The molecule has 10 heteroatoms. The Morgan fingerprint density at radius 2 is 1.78 bits per heavy atom. The van der Waals surface area contributed by atoms with E-state index < -0.39 is 15.7 Å². The van der Waals surface area contributed by atoms with Crippen LogP contribution in [0.25, 0.3) is 16.6 Å². The number of hydrogen-bond donors (Lipinski definition) is 1. The number of anilines is 2. The van der Waals surface area contributed by atoms with E-state index in [2.05, 4.69) is 20.6 Å². The lowest BCUT2D eigenvalue weighted by Crippen LogP contribution is -2.05. The number of nitrogens with one attached hydrogen (secondary N) is 1. The maximum absolute atomic E-state index is 13.7. The Labute approximate surface area is 182 Å². The second kappa shape index (κ2) is 7.57. The van der Waals surface area contributed by atoms with Gasteiger partial charge in [0.2, 0.25) is 14.9 Å². The van der Waals surface area contributed by atoms with Crippen LogP contribution in [0.5, 0.6) is 5.75 Å². The lowest BCUT2D eigenvalue weighted by molar-refractivity contribution is 0.414. The summed E-state index contributed by atoms with van der Waals surface area (Å²) in [6.07, 6.45) is 0. The van der Waals surface area contributed by atoms with E-state index in [0.717, 1.165) is 0 Å². The molecule has 8 nitrogen and oxygen atoms in total. The monoisotopic (exact) mass is 449 g/mol.